The van der Waals surface area contributed by atoms with Gasteiger partial charge in [-0.1, -0.05) is 0 Å². The van der Waals surface area contributed by atoms with E-state index < -0.39 is 16.1 Å². The van der Waals surface area contributed by atoms with E-state index >= 15 is 0 Å². The summed E-state index contributed by atoms with van der Waals surface area (Å²) < 4.78 is 26.3. The van der Waals surface area contributed by atoms with Crippen LogP contribution in [0.2, 0.25) is 0 Å². The number of hydrogen-bond donors (Lipinski definition) is 2. The molecule has 1 heterocycles. The summed E-state index contributed by atoms with van der Waals surface area (Å²) in [6.45, 7) is 1.30. The van der Waals surface area contributed by atoms with Gasteiger partial charge in [-0.3, -0.25) is 4.79 Å². The van der Waals surface area contributed by atoms with Crippen LogP contribution in [0.15, 0.2) is 29.2 Å². The number of aliphatic hydroxyl groups excluding tert-OH is 1. The van der Waals surface area contributed by atoms with E-state index in [0.717, 1.165) is 18.6 Å². The van der Waals surface area contributed by atoms with Gasteiger partial charge in [0.15, 0.2) is 0 Å². The third-order valence-corrected chi connectivity index (χ3v) is 6.53. The van der Waals surface area contributed by atoms with E-state index in [1.165, 1.54) is 28.6 Å². The van der Waals surface area contributed by atoms with Gasteiger partial charge in [0, 0.05) is 25.2 Å². The Morgan fingerprint density at radius 2 is 1.92 bits per heavy atom. The predicted molar refractivity (Wildman–Crippen MR) is 95.8 cm³/mol. The summed E-state index contributed by atoms with van der Waals surface area (Å²) in [6, 6.07) is 5.94. The Labute approximate surface area is 147 Å². The van der Waals surface area contributed by atoms with E-state index in [1.54, 1.807) is 11.8 Å². The van der Waals surface area contributed by atoms with Crippen LogP contribution in [0.1, 0.15) is 29.6 Å². The molecule has 1 atom stereocenters. The maximum absolute atomic E-state index is 12.4. The second-order valence-corrected chi connectivity index (χ2v) is 8.70. The van der Waals surface area contributed by atoms with Crippen molar-refractivity contribution in [3.63, 3.8) is 0 Å². The zero-order chi connectivity index (χ0) is 17.6. The van der Waals surface area contributed by atoms with Gasteiger partial charge in [0.1, 0.15) is 0 Å². The lowest BCUT2D eigenvalue weighted by Gasteiger charge is -2.15. The highest BCUT2D eigenvalue weighted by atomic mass is 32.2. The van der Waals surface area contributed by atoms with E-state index in [1.807, 2.05) is 6.26 Å². The van der Waals surface area contributed by atoms with Gasteiger partial charge in [-0.25, -0.2) is 8.42 Å². The Morgan fingerprint density at radius 1 is 1.29 bits per heavy atom. The van der Waals surface area contributed by atoms with Crippen molar-refractivity contribution in [2.24, 2.45) is 0 Å². The zero-order valence-electron chi connectivity index (χ0n) is 13.8. The van der Waals surface area contributed by atoms with Gasteiger partial charge in [0.25, 0.3) is 5.91 Å². The van der Waals surface area contributed by atoms with Crippen LogP contribution < -0.4 is 5.32 Å². The summed E-state index contributed by atoms with van der Waals surface area (Å²) in [5.41, 5.74) is 0.382. The van der Waals surface area contributed by atoms with Crippen molar-refractivity contribution in [2.45, 2.75) is 30.3 Å². The monoisotopic (exact) mass is 372 g/mol. The first kappa shape index (κ1) is 19.2. The Bertz CT molecular complexity index is 641. The number of aliphatic hydroxyl groups is 1. The van der Waals surface area contributed by atoms with Crippen LogP contribution in [0, 0.1) is 0 Å². The molecule has 2 rings (SSSR count). The highest BCUT2D eigenvalue weighted by Gasteiger charge is 2.27. The van der Waals surface area contributed by atoms with Gasteiger partial charge in [0.2, 0.25) is 10.0 Å². The minimum atomic E-state index is -3.46. The molecule has 2 N–H and O–H groups in total. The molecule has 0 aliphatic carbocycles. The predicted octanol–water partition coefficient (Wildman–Crippen LogP) is 1.31. The van der Waals surface area contributed by atoms with Crippen LogP contribution in [-0.4, -0.2) is 61.5 Å². The molecule has 1 amide bonds. The number of carbonyl (C=O) groups is 1. The molecule has 0 spiro atoms. The summed E-state index contributed by atoms with van der Waals surface area (Å²) in [5, 5.41) is 12.4. The summed E-state index contributed by atoms with van der Waals surface area (Å²) in [5.74, 6) is 0.517. The number of hydrogen-bond acceptors (Lipinski definition) is 5. The molecule has 24 heavy (non-hydrogen) atoms. The topological polar surface area (TPSA) is 86.7 Å². The first-order valence-corrected chi connectivity index (χ1v) is 10.8. The van der Waals surface area contributed by atoms with E-state index in [9.17, 15) is 18.3 Å². The molecular weight excluding hydrogens is 348 g/mol. The van der Waals surface area contributed by atoms with Gasteiger partial charge in [0.05, 0.1) is 11.0 Å². The molecule has 1 aromatic carbocycles. The smallest absolute Gasteiger partial charge is 0.251 e. The fraction of sp³-hybridized carbons (Fsp3) is 0.562. The average Bonchev–Trinajstić information content (AvgIpc) is 3.13. The number of nitrogens with zero attached hydrogens (tertiary/aromatic N) is 1. The number of sulfonamides is 1. The zero-order valence-corrected chi connectivity index (χ0v) is 15.4. The Kier molecular flexibility index (Phi) is 7.09. The molecule has 1 aliphatic heterocycles. The molecule has 8 heteroatoms. The van der Waals surface area contributed by atoms with Gasteiger partial charge in [-0.05, 0) is 55.5 Å². The van der Waals surface area contributed by atoms with Crippen molar-refractivity contribution in [1.82, 2.24) is 9.62 Å². The minimum Gasteiger partial charge on any atom is -0.391 e. The third kappa shape index (κ3) is 4.95. The average molecular weight is 373 g/mol. The van der Waals surface area contributed by atoms with E-state index in [2.05, 4.69) is 5.32 Å². The summed E-state index contributed by atoms with van der Waals surface area (Å²) in [7, 11) is -3.46. The number of nitrogens with one attached hydrogen (secondary N) is 1. The highest BCUT2D eigenvalue weighted by molar-refractivity contribution is 7.98. The van der Waals surface area contributed by atoms with Crippen molar-refractivity contribution in [2.75, 3.05) is 31.6 Å². The molecule has 1 aliphatic rings. The summed E-state index contributed by atoms with van der Waals surface area (Å²) in [4.78, 5) is 12.3. The molecule has 6 nitrogen and oxygen atoms in total. The number of rotatable bonds is 8. The lowest BCUT2D eigenvalue weighted by molar-refractivity contribution is 0.0914. The fourth-order valence-corrected chi connectivity index (χ4v) is 4.55. The molecule has 1 fully saturated rings. The first-order valence-electron chi connectivity index (χ1n) is 8.00. The largest absolute Gasteiger partial charge is 0.391 e. The van der Waals surface area contributed by atoms with E-state index in [-0.39, 0.29) is 17.3 Å². The molecule has 0 bridgehead atoms. The third-order valence-electron chi connectivity index (χ3n) is 3.97. The number of carbonyl (C=O) groups excluding carboxylic acids is 1. The Morgan fingerprint density at radius 3 is 2.50 bits per heavy atom. The lowest BCUT2D eigenvalue weighted by Crippen LogP contribution is -2.32. The number of thioether (sulfide) groups is 1. The number of amides is 1. The van der Waals surface area contributed by atoms with Crippen LogP contribution >= 0.6 is 11.8 Å². The van der Waals surface area contributed by atoms with E-state index in [0.29, 0.717) is 25.1 Å². The molecule has 1 aromatic rings. The van der Waals surface area contributed by atoms with Crippen LogP contribution in [-0.2, 0) is 10.0 Å². The van der Waals surface area contributed by atoms with Crippen molar-refractivity contribution in [3.05, 3.63) is 29.8 Å². The van der Waals surface area contributed by atoms with Crippen molar-refractivity contribution >= 4 is 27.7 Å². The van der Waals surface area contributed by atoms with Crippen molar-refractivity contribution < 1.29 is 18.3 Å². The van der Waals surface area contributed by atoms with Crippen LogP contribution in [0.4, 0.5) is 0 Å². The molecule has 1 saturated heterocycles. The van der Waals surface area contributed by atoms with Crippen molar-refractivity contribution in [3.8, 4) is 0 Å². The van der Waals surface area contributed by atoms with Gasteiger partial charge >= 0.3 is 0 Å². The second-order valence-electron chi connectivity index (χ2n) is 5.78. The van der Waals surface area contributed by atoms with Gasteiger partial charge in [-0.15, -0.1) is 0 Å². The fourth-order valence-electron chi connectivity index (χ4n) is 2.52. The summed E-state index contributed by atoms with van der Waals surface area (Å²) >= 11 is 1.64. The maximum Gasteiger partial charge on any atom is 0.251 e. The molecule has 1 unspecified atom stereocenters. The van der Waals surface area contributed by atoms with Crippen LogP contribution in [0.5, 0.6) is 0 Å². The Hall–Kier alpha value is -1.09. The van der Waals surface area contributed by atoms with Crippen LogP contribution in [0.3, 0.4) is 0 Å². The lowest BCUT2D eigenvalue weighted by atomic mass is 10.2. The Balaban J connectivity index is 1.95. The highest BCUT2D eigenvalue weighted by Crippen LogP contribution is 2.21. The maximum atomic E-state index is 12.4. The molecular formula is C16H24N2O4S2. The number of benzene rings is 1. The van der Waals surface area contributed by atoms with Gasteiger partial charge in [-0.2, -0.15) is 16.1 Å². The SMILES string of the molecule is CSCCC(O)CNC(=O)c1ccc(S(=O)(=O)N2CCCC2)cc1. The first-order chi connectivity index (χ1) is 11.4. The van der Waals surface area contributed by atoms with E-state index in [4.69, 9.17) is 0 Å². The van der Waals surface area contributed by atoms with Crippen LogP contribution in [0.25, 0.3) is 0 Å². The van der Waals surface area contributed by atoms with Crippen molar-refractivity contribution in [1.29, 1.82) is 0 Å². The summed E-state index contributed by atoms with van der Waals surface area (Å²) in [6.07, 6.45) is 3.78. The molecule has 0 radical (unpaired) electrons. The molecule has 0 saturated carbocycles. The quantitative estimate of drug-likeness (QED) is 0.719. The second kappa shape index (κ2) is 8.84. The standard InChI is InChI=1S/C16H24N2O4S2/c1-23-11-8-14(19)12-17-16(20)13-4-6-15(7-5-13)24(21,22)18-9-2-3-10-18/h4-7,14,19H,2-3,8-12H2,1H3,(H,17,20). The molecule has 0 aromatic heterocycles. The minimum absolute atomic E-state index is 0.188. The molecule has 134 valence electrons. The van der Waals surface area contributed by atoms with Gasteiger partial charge < -0.3 is 10.4 Å². The normalized spacial score (nSPS) is 16.9.